The number of aromatic carboxylic acids is 1. The van der Waals surface area contributed by atoms with Gasteiger partial charge in [-0.3, -0.25) is 0 Å². The van der Waals surface area contributed by atoms with Crippen molar-refractivity contribution in [2.75, 3.05) is 0 Å². The van der Waals surface area contributed by atoms with Crippen LogP contribution in [0.3, 0.4) is 0 Å². The Morgan fingerprint density at radius 3 is 2.81 bits per heavy atom. The Kier molecular flexibility index (Phi) is 4.19. The van der Waals surface area contributed by atoms with Gasteiger partial charge in [0.05, 0.1) is 11.6 Å². The van der Waals surface area contributed by atoms with E-state index in [0.717, 1.165) is 0 Å². The van der Waals surface area contributed by atoms with E-state index >= 15 is 0 Å². The molecule has 0 amide bonds. The molecule has 0 aliphatic carbocycles. The zero-order chi connectivity index (χ0) is 15.4. The molecule has 0 heterocycles. The van der Waals surface area contributed by atoms with Gasteiger partial charge in [0, 0.05) is 5.56 Å². The number of nitrogens with zero attached hydrogens (tertiary/aromatic N) is 1. The topological polar surface area (TPSA) is 70.3 Å². The van der Waals surface area contributed by atoms with Crippen LogP contribution in [0.1, 0.15) is 27.0 Å². The van der Waals surface area contributed by atoms with Crippen molar-refractivity contribution >= 4 is 5.97 Å². The monoisotopic (exact) mass is 285 g/mol. The van der Waals surface area contributed by atoms with E-state index in [2.05, 4.69) is 0 Å². The molecule has 0 saturated heterocycles. The van der Waals surface area contributed by atoms with Crippen molar-refractivity contribution in [3.8, 4) is 11.8 Å². The molecule has 2 aromatic rings. The zero-order valence-electron chi connectivity index (χ0n) is 11.3. The number of hydrogen-bond donors (Lipinski definition) is 1. The van der Waals surface area contributed by atoms with Gasteiger partial charge in [0.2, 0.25) is 0 Å². The number of benzene rings is 2. The van der Waals surface area contributed by atoms with Crippen LogP contribution in [0, 0.1) is 24.1 Å². The molecule has 1 N–H and O–H groups in total. The molecule has 2 rings (SSSR count). The smallest absolute Gasteiger partial charge is 0.339 e. The van der Waals surface area contributed by atoms with Gasteiger partial charge < -0.3 is 9.84 Å². The average Bonchev–Trinajstić information content (AvgIpc) is 2.45. The number of carboxylic acids is 1. The van der Waals surface area contributed by atoms with E-state index in [9.17, 15) is 9.18 Å². The molecule has 5 heteroatoms. The van der Waals surface area contributed by atoms with E-state index in [-0.39, 0.29) is 17.9 Å². The van der Waals surface area contributed by atoms with E-state index in [1.54, 1.807) is 19.1 Å². The molecule has 0 fully saturated rings. The third-order valence-corrected chi connectivity index (χ3v) is 3.00. The lowest BCUT2D eigenvalue weighted by Crippen LogP contribution is -2.06. The average molecular weight is 285 g/mol. The van der Waals surface area contributed by atoms with E-state index in [4.69, 9.17) is 15.1 Å². The van der Waals surface area contributed by atoms with E-state index in [1.165, 1.54) is 24.3 Å². The van der Waals surface area contributed by atoms with Gasteiger partial charge in [-0.05, 0) is 36.8 Å². The third-order valence-electron chi connectivity index (χ3n) is 3.00. The second-order valence-corrected chi connectivity index (χ2v) is 4.46. The highest BCUT2D eigenvalue weighted by molar-refractivity contribution is 5.91. The van der Waals surface area contributed by atoms with Crippen LogP contribution in [0.15, 0.2) is 36.4 Å². The van der Waals surface area contributed by atoms with Crippen LogP contribution in [0.4, 0.5) is 4.39 Å². The second-order valence-electron chi connectivity index (χ2n) is 4.46. The van der Waals surface area contributed by atoms with Crippen molar-refractivity contribution in [1.82, 2.24) is 0 Å². The summed E-state index contributed by atoms with van der Waals surface area (Å²) in [6.45, 7) is 1.64. The summed E-state index contributed by atoms with van der Waals surface area (Å²) in [6, 6.07) is 10.5. The van der Waals surface area contributed by atoms with E-state index < -0.39 is 11.8 Å². The molecular formula is C16H12FNO3. The van der Waals surface area contributed by atoms with Crippen LogP contribution in [-0.4, -0.2) is 11.1 Å². The molecule has 21 heavy (non-hydrogen) atoms. The second kappa shape index (κ2) is 6.06. The van der Waals surface area contributed by atoms with Gasteiger partial charge in [0.15, 0.2) is 0 Å². The van der Waals surface area contributed by atoms with Crippen molar-refractivity contribution in [2.45, 2.75) is 13.5 Å². The van der Waals surface area contributed by atoms with Crippen LogP contribution in [-0.2, 0) is 6.61 Å². The number of carbonyl (C=O) groups is 1. The predicted octanol–water partition coefficient (Wildman–Crippen LogP) is 3.28. The van der Waals surface area contributed by atoms with Crippen LogP contribution < -0.4 is 4.74 Å². The normalized spacial score (nSPS) is 9.95. The number of carboxylic acid groups (broad SMARTS) is 1. The third kappa shape index (κ3) is 3.18. The van der Waals surface area contributed by atoms with Gasteiger partial charge in [-0.2, -0.15) is 5.26 Å². The number of nitriles is 1. The lowest BCUT2D eigenvalue weighted by Gasteiger charge is -2.12. The Balaban J connectivity index is 2.31. The quantitative estimate of drug-likeness (QED) is 0.935. The van der Waals surface area contributed by atoms with Gasteiger partial charge >= 0.3 is 5.97 Å². The molecule has 4 nitrogen and oxygen atoms in total. The molecule has 0 spiro atoms. The minimum absolute atomic E-state index is 0.0323. The number of aryl methyl sites for hydroxylation is 1. The number of hydrogen-bond acceptors (Lipinski definition) is 3. The lowest BCUT2D eigenvalue weighted by atomic mass is 10.1. The minimum atomic E-state index is -1.10. The molecule has 106 valence electrons. The summed E-state index contributed by atoms with van der Waals surface area (Å²) in [6.07, 6.45) is 0. The van der Waals surface area contributed by atoms with Crippen LogP contribution in [0.5, 0.6) is 5.75 Å². The number of ether oxygens (including phenoxy) is 1. The van der Waals surface area contributed by atoms with Crippen LogP contribution in [0.25, 0.3) is 0 Å². The fourth-order valence-electron chi connectivity index (χ4n) is 1.95. The molecule has 2 aromatic carbocycles. The van der Waals surface area contributed by atoms with Crippen LogP contribution in [0.2, 0.25) is 0 Å². The van der Waals surface area contributed by atoms with Crippen molar-refractivity contribution in [1.29, 1.82) is 5.26 Å². The maximum Gasteiger partial charge on any atom is 0.339 e. The molecule has 0 saturated carbocycles. The summed E-state index contributed by atoms with van der Waals surface area (Å²) in [5.41, 5.74) is 1.36. The molecule has 0 unspecified atom stereocenters. The first-order chi connectivity index (χ1) is 10.0. The van der Waals surface area contributed by atoms with Gasteiger partial charge in [0.1, 0.15) is 23.7 Å². The maximum absolute atomic E-state index is 13.2. The van der Waals surface area contributed by atoms with Gasteiger partial charge in [-0.1, -0.05) is 12.1 Å². The number of rotatable bonds is 4. The Morgan fingerprint density at radius 1 is 1.38 bits per heavy atom. The zero-order valence-corrected chi connectivity index (χ0v) is 11.3. The largest absolute Gasteiger partial charge is 0.488 e. The molecular weight excluding hydrogens is 273 g/mol. The highest BCUT2D eigenvalue weighted by Gasteiger charge is 2.14. The summed E-state index contributed by atoms with van der Waals surface area (Å²) >= 11 is 0. The Hall–Kier alpha value is -2.87. The van der Waals surface area contributed by atoms with Crippen molar-refractivity contribution < 1.29 is 19.0 Å². The first-order valence-electron chi connectivity index (χ1n) is 6.17. The molecule has 0 radical (unpaired) electrons. The highest BCUT2D eigenvalue weighted by Crippen LogP contribution is 2.25. The molecule has 0 aliphatic heterocycles. The summed E-state index contributed by atoms with van der Waals surface area (Å²) in [4.78, 5) is 11.2. The van der Waals surface area contributed by atoms with Crippen molar-refractivity contribution in [2.24, 2.45) is 0 Å². The van der Waals surface area contributed by atoms with Crippen LogP contribution >= 0.6 is 0 Å². The fraction of sp³-hybridized carbons (Fsp3) is 0.125. The Labute approximate surface area is 121 Å². The van der Waals surface area contributed by atoms with Gasteiger partial charge in [-0.25, -0.2) is 9.18 Å². The summed E-state index contributed by atoms with van der Waals surface area (Å²) in [5.74, 6) is -1.36. The minimum Gasteiger partial charge on any atom is -0.488 e. The van der Waals surface area contributed by atoms with Gasteiger partial charge in [0.25, 0.3) is 0 Å². The lowest BCUT2D eigenvalue weighted by molar-refractivity contribution is 0.0691. The number of halogens is 1. The Bertz CT molecular complexity index is 735. The summed E-state index contributed by atoms with van der Waals surface area (Å²) < 4.78 is 18.8. The van der Waals surface area contributed by atoms with E-state index in [0.29, 0.717) is 16.7 Å². The first kappa shape index (κ1) is 14.5. The molecule has 0 atom stereocenters. The predicted molar refractivity (Wildman–Crippen MR) is 73.6 cm³/mol. The molecule has 0 aliphatic rings. The van der Waals surface area contributed by atoms with Crippen molar-refractivity contribution in [3.63, 3.8) is 0 Å². The van der Waals surface area contributed by atoms with Crippen molar-refractivity contribution in [3.05, 3.63) is 64.5 Å². The van der Waals surface area contributed by atoms with E-state index in [1.807, 2.05) is 6.07 Å². The molecule has 0 bridgehead atoms. The standard InChI is InChI=1S/C16H12FNO3/c1-10-3-2-4-14(16(19)20)15(10)21-9-12-7-13(17)6-5-11(12)8-18/h2-7H,9H2,1H3,(H,19,20). The first-order valence-corrected chi connectivity index (χ1v) is 6.17. The number of para-hydroxylation sites is 1. The fourth-order valence-corrected chi connectivity index (χ4v) is 1.95. The summed E-state index contributed by atoms with van der Waals surface area (Å²) in [7, 11) is 0. The summed E-state index contributed by atoms with van der Waals surface area (Å²) in [5, 5.41) is 18.1. The maximum atomic E-state index is 13.2. The highest BCUT2D eigenvalue weighted by atomic mass is 19.1. The van der Waals surface area contributed by atoms with Gasteiger partial charge in [-0.15, -0.1) is 0 Å². The Morgan fingerprint density at radius 2 is 2.14 bits per heavy atom. The SMILES string of the molecule is Cc1cccc(C(=O)O)c1OCc1cc(F)ccc1C#N. The molecule has 0 aromatic heterocycles.